The third kappa shape index (κ3) is 9.41. The molecule has 0 spiro atoms. The Bertz CT molecular complexity index is 2660. The van der Waals surface area contributed by atoms with Gasteiger partial charge in [-0.15, -0.1) is 0 Å². The highest BCUT2D eigenvalue weighted by atomic mass is 35.5. The highest BCUT2D eigenvalue weighted by Crippen LogP contribution is 2.45. The van der Waals surface area contributed by atoms with Gasteiger partial charge in [-0.25, -0.2) is 4.98 Å². The Morgan fingerprint density at radius 1 is 0.970 bits per heavy atom. The van der Waals surface area contributed by atoms with Crippen molar-refractivity contribution >= 4 is 63.6 Å². The van der Waals surface area contributed by atoms with E-state index >= 15 is 0 Å². The molecule has 0 radical (unpaired) electrons. The Labute approximate surface area is 389 Å². The molecular weight excluding hydrogens is 895 g/mol. The molecule has 356 valence electrons. The molecule has 9 rings (SSSR count). The van der Waals surface area contributed by atoms with E-state index in [1.807, 2.05) is 32.0 Å². The summed E-state index contributed by atoms with van der Waals surface area (Å²) in [4.78, 5) is 77.5. The standard InChI is InChI=1S/C47H53ClF3N9O7/c1-25(2)60-36-7-4-28(18-27(36)19-38(45(60)65)66-24-40(62)52-3)54-42-35(48)22-53-46(56-42)58-16-12-30(13-17-58)67-31-20-29(21-31)57-14-10-26(11-15-57)32-5-6-33-34(41(32)47(49,50)51)23-59(44(33)64)37-8-9-39(61)55-43(37)63/h4-7,18-19,22,25-26,29-31,37H,8-17,20-21,23-24H2,1-3H3,(H,52,62)(H,53,54,56)(H,55,61,63)/t29-,31-,37?. The number of aromatic nitrogens is 3. The van der Waals surface area contributed by atoms with Gasteiger partial charge in [0, 0.05) is 61.8 Å². The lowest BCUT2D eigenvalue weighted by atomic mass is 9.81. The van der Waals surface area contributed by atoms with E-state index < -0.39 is 35.5 Å². The van der Waals surface area contributed by atoms with Crippen LogP contribution in [0.2, 0.25) is 5.02 Å². The van der Waals surface area contributed by atoms with Crippen LogP contribution in [0, 0.1) is 0 Å². The largest absolute Gasteiger partial charge is 0.478 e. The molecule has 6 heterocycles. The minimum atomic E-state index is -4.68. The van der Waals surface area contributed by atoms with E-state index in [0.29, 0.717) is 73.1 Å². The summed E-state index contributed by atoms with van der Waals surface area (Å²) in [5, 5.41) is 9.05. The Balaban J connectivity index is 0.765. The molecule has 2 aromatic carbocycles. The molecule has 67 heavy (non-hydrogen) atoms. The first-order valence-corrected chi connectivity index (χ1v) is 23.3. The van der Waals surface area contributed by atoms with Gasteiger partial charge >= 0.3 is 6.18 Å². The number of rotatable bonds is 12. The predicted molar refractivity (Wildman–Crippen MR) is 243 cm³/mol. The van der Waals surface area contributed by atoms with Gasteiger partial charge in [0.25, 0.3) is 17.4 Å². The second kappa shape index (κ2) is 18.7. The predicted octanol–water partition coefficient (Wildman–Crippen LogP) is 6.07. The first-order valence-electron chi connectivity index (χ1n) is 22.9. The number of likely N-dealkylation sites (tertiary alicyclic amines) is 1. The van der Waals surface area contributed by atoms with Gasteiger partial charge in [-0.05, 0) is 119 Å². The Kier molecular flexibility index (Phi) is 12.9. The van der Waals surface area contributed by atoms with Crippen molar-refractivity contribution in [1.29, 1.82) is 0 Å². The number of likely N-dealkylation sites (N-methyl/N-ethyl adjacent to an activating group) is 1. The van der Waals surface area contributed by atoms with E-state index in [1.165, 1.54) is 24.1 Å². The third-order valence-electron chi connectivity index (χ3n) is 13.9. The first kappa shape index (κ1) is 46.3. The maximum atomic E-state index is 14.8. The van der Waals surface area contributed by atoms with Crippen LogP contribution in [0.4, 0.5) is 30.6 Å². The van der Waals surface area contributed by atoms with Crippen molar-refractivity contribution in [3.63, 3.8) is 0 Å². The third-order valence-corrected chi connectivity index (χ3v) is 14.1. The monoisotopic (exact) mass is 947 g/mol. The molecule has 2 aromatic heterocycles. The number of anilines is 3. The van der Waals surface area contributed by atoms with Crippen LogP contribution < -0.4 is 31.1 Å². The SMILES string of the molecule is CNC(=O)COc1cc2cc(Nc3nc(N4CCC(O[C@H]5C[C@H](N6CCC(c7ccc8c(c7C(F)(F)F)CN(C7CCC(=O)NC7=O)C8=O)CC6)C5)CC4)ncc3Cl)ccc2n(C(C)C)c1=O. The minimum absolute atomic E-state index is 0.0213. The summed E-state index contributed by atoms with van der Waals surface area (Å²) in [6.07, 6.45) is 1.56. The van der Waals surface area contributed by atoms with Gasteiger partial charge in [-0.2, -0.15) is 18.2 Å². The molecule has 3 saturated heterocycles. The fourth-order valence-electron chi connectivity index (χ4n) is 10.3. The van der Waals surface area contributed by atoms with Crippen molar-refractivity contribution in [3.05, 3.63) is 80.2 Å². The second-order valence-corrected chi connectivity index (χ2v) is 18.7. The van der Waals surface area contributed by atoms with Crippen molar-refractivity contribution in [2.45, 2.75) is 114 Å². The fraction of sp³-hybridized carbons (Fsp3) is 0.511. The van der Waals surface area contributed by atoms with E-state index in [4.69, 9.17) is 26.1 Å². The zero-order valence-corrected chi connectivity index (χ0v) is 38.2. The van der Waals surface area contributed by atoms with Crippen molar-refractivity contribution in [2.24, 2.45) is 0 Å². The summed E-state index contributed by atoms with van der Waals surface area (Å²) in [5.74, 6) is -1.40. The number of hydrogen-bond acceptors (Lipinski definition) is 12. The number of fused-ring (bicyclic) bond motifs is 2. The number of hydrogen-bond donors (Lipinski definition) is 3. The molecule has 1 unspecified atom stereocenters. The van der Waals surface area contributed by atoms with Crippen LogP contribution in [0.5, 0.6) is 5.75 Å². The molecule has 3 N–H and O–H groups in total. The Morgan fingerprint density at radius 3 is 2.40 bits per heavy atom. The molecule has 4 aromatic rings. The zero-order valence-electron chi connectivity index (χ0n) is 37.5. The Morgan fingerprint density at radius 2 is 1.72 bits per heavy atom. The Hall–Kier alpha value is -5.79. The summed E-state index contributed by atoms with van der Waals surface area (Å²) < 4.78 is 58.2. The van der Waals surface area contributed by atoms with Crippen molar-refractivity contribution in [1.82, 2.24) is 35.0 Å². The number of pyridine rings is 1. The highest BCUT2D eigenvalue weighted by molar-refractivity contribution is 6.33. The quantitative estimate of drug-likeness (QED) is 0.140. The van der Waals surface area contributed by atoms with Crippen LogP contribution in [-0.4, -0.2) is 112 Å². The summed E-state index contributed by atoms with van der Waals surface area (Å²) in [6.45, 7) is 5.88. The maximum Gasteiger partial charge on any atom is 0.417 e. The number of amides is 4. The molecular formula is C47H53ClF3N9O7. The number of carbonyl (C=O) groups is 4. The van der Waals surface area contributed by atoms with E-state index in [-0.39, 0.29) is 84.1 Å². The lowest BCUT2D eigenvalue weighted by Crippen LogP contribution is -2.52. The molecule has 5 aliphatic rings. The first-order chi connectivity index (χ1) is 32.1. The van der Waals surface area contributed by atoms with Gasteiger partial charge in [0.15, 0.2) is 18.2 Å². The number of piperidine rings is 3. The van der Waals surface area contributed by atoms with Crippen LogP contribution in [0.15, 0.2) is 47.4 Å². The van der Waals surface area contributed by atoms with Crippen molar-refractivity contribution in [3.8, 4) is 5.75 Å². The molecule has 0 bridgehead atoms. The lowest BCUT2D eigenvalue weighted by Gasteiger charge is -2.47. The van der Waals surface area contributed by atoms with Gasteiger partial charge < -0.3 is 39.4 Å². The van der Waals surface area contributed by atoms with E-state index in [1.54, 1.807) is 16.8 Å². The summed E-state index contributed by atoms with van der Waals surface area (Å²) in [5.41, 5.74) is 0.371. The summed E-state index contributed by atoms with van der Waals surface area (Å²) >= 11 is 6.58. The number of benzene rings is 2. The van der Waals surface area contributed by atoms with Crippen LogP contribution in [0.25, 0.3) is 10.9 Å². The smallest absolute Gasteiger partial charge is 0.417 e. The minimum Gasteiger partial charge on any atom is -0.478 e. The van der Waals surface area contributed by atoms with E-state index in [9.17, 15) is 37.1 Å². The molecule has 1 aliphatic carbocycles. The van der Waals surface area contributed by atoms with Gasteiger partial charge in [-0.1, -0.05) is 17.7 Å². The number of carbonyl (C=O) groups excluding carboxylic acids is 4. The van der Waals surface area contributed by atoms with E-state index in [0.717, 1.165) is 31.1 Å². The molecule has 16 nitrogen and oxygen atoms in total. The average molecular weight is 948 g/mol. The lowest BCUT2D eigenvalue weighted by molar-refractivity contribution is -0.139. The maximum absolute atomic E-state index is 14.8. The number of ether oxygens (including phenoxy) is 2. The second-order valence-electron chi connectivity index (χ2n) is 18.3. The zero-order chi connectivity index (χ0) is 47.3. The summed E-state index contributed by atoms with van der Waals surface area (Å²) in [6, 6.07) is 9.25. The number of nitrogens with zero attached hydrogens (tertiary/aromatic N) is 6. The molecule has 1 atom stereocenters. The summed E-state index contributed by atoms with van der Waals surface area (Å²) in [7, 11) is 1.50. The number of alkyl halides is 3. The van der Waals surface area contributed by atoms with E-state index in [2.05, 4.69) is 30.7 Å². The number of imide groups is 1. The van der Waals surface area contributed by atoms with Crippen LogP contribution >= 0.6 is 11.6 Å². The van der Waals surface area contributed by atoms with Crippen LogP contribution in [0.1, 0.15) is 104 Å². The van der Waals surface area contributed by atoms with Crippen molar-refractivity contribution < 1.29 is 41.8 Å². The molecule has 4 fully saturated rings. The van der Waals surface area contributed by atoms with Crippen LogP contribution in [-0.2, 0) is 31.8 Å². The average Bonchev–Trinajstić information content (AvgIpc) is 3.62. The van der Waals surface area contributed by atoms with Gasteiger partial charge in [0.05, 0.1) is 29.5 Å². The topological polar surface area (TPSA) is 180 Å². The number of halogens is 4. The highest BCUT2D eigenvalue weighted by Gasteiger charge is 2.47. The molecule has 4 amide bonds. The molecule has 20 heteroatoms. The van der Waals surface area contributed by atoms with Gasteiger partial charge in [0.2, 0.25) is 17.8 Å². The molecule has 1 saturated carbocycles. The van der Waals surface area contributed by atoms with Crippen LogP contribution in [0.3, 0.4) is 0 Å². The van der Waals surface area contributed by atoms with Crippen molar-refractivity contribution in [2.75, 3.05) is 50.1 Å². The number of nitrogens with one attached hydrogen (secondary N) is 3. The molecule has 4 aliphatic heterocycles. The normalized spacial score (nSPS) is 22.0. The fourth-order valence-corrected chi connectivity index (χ4v) is 10.4. The van der Waals surface area contributed by atoms with Gasteiger partial charge in [0.1, 0.15) is 11.1 Å². The van der Waals surface area contributed by atoms with Gasteiger partial charge in [-0.3, -0.25) is 29.3 Å².